The molecule has 1 aromatic rings. The van der Waals surface area contributed by atoms with E-state index < -0.39 is 204 Å². The highest BCUT2D eigenvalue weighted by molar-refractivity contribution is 6.04. The maximum Gasteiger partial charge on any atom is 0.320 e. The van der Waals surface area contributed by atoms with Crippen molar-refractivity contribution in [1.29, 1.82) is 0 Å². The molecule has 45 heteroatoms. The number of carbonyl (C=O) groups excluding carboxylic acids is 3. The smallest absolute Gasteiger partial charge is 0.320 e. The first-order valence-electron chi connectivity index (χ1n) is 33.5. The first kappa shape index (κ1) is 95.3. The highest BCUT2D eigenvalue weighted by Gasteiger charge is 2.32. The molecule has 0 unspecified atom stereocenters. The van der Waals surface area contributed by atoms with E-state index in [0.717, 1.165) is 47.6 Å². The summed E-state index contributed by atoms with van der Waals surface area (Å²) in [6.07, 6.45) is -0.530. The molecule has 0 aromatic heterocycles. The third-order valence-electron chi connectivity index (χ3n) is 16.0. The van der Waals surface area contributed by atoms with E-state index in [-0.39, 0.29) is 173 Å². The van der Waals surface area contributed by atoms with Gasteiger partial charge in [-0.3, -0.25) is 130 Å². The third kappa shape index (κ3) is 43.7. The Morgan fingerprint density at radius 2 is 0.380 bits per heavy atom. The third-order valence-corrected chi connectivity index (χ3v) is 16.0. The van der Waals surface area contributed by atoms with Crippen molar-refractivity contribution in [3.05, 3.63) is 34.9 Å². The molecule has 606 valence electrons. The van der Waals surface area contributed by atoms with Crippen LogP contribution in [0.1, 0.15) is 88.9 Å². The molecule has 0 spiro atoms. The number of unbranched alkanes of at least 4 members (excludes halogenated alkanes) is 3. The van der Waals surface area contributed by atoms with E-state index in [0.29, 0.717) is 0 Å². The average Bonchev–Trinajstić information content (AvgIpc) is 0.825. The van der Waals surface area contributed by atoms with Gasteiger partial charge in [0.05, 0.1) is 78.5 Å². The molecule has 0 fully saturated rings. The summed E-state index contributed by atoms with van der Waals surface area (Å²) >= 11 is 0. The molecular formula is C63H96N12O33. The Kier molecular flexibility index (Phi) is 45.5. The summed E-state index contributed by atoms with van der Waals surface area (Å²) in [5.74, 6) is -24.0. The summed E-state index contributed by atoms with van der Waals surface area (Å²) < 4.78 is 0. The standard InChI is InChI=1S/C63H96N12O33/c76-46(77)28-67(29-47(78)79)13-19-73(20-14-68(30-48(80)81)31-49(82)83)43(61(103)104)7-1-4-10-64-58(100)40-25-41(59(101)65-11-5-2-8-44(62(105)106)74(21-15-69(32-50(84)85)33-51(86)87)22-16-70(34-52(88)89)35-53(90)91)27-42(26-40)60(102)66-12-6-3-9-45(63(107)108)75(23-17-71(36-54(92)93)37-55(94)95)24-18-72(38-56(96)97)39-57(98)99/h25-27,43-45H,1-24,28-39H2,(H,64,100)(H,65,101)(H,66,102)(H,76,77)(H,78,79)(H,80,81)(H,82,83)(H,84,85)(H,86,87)(H,88,89)(H,90,91)(H,92,93)(H,94,95)(H,96,97)(H,98,99)(H,103,104)(H,105,106)(H,107,108)/t43-,44-,45-/m0/s1. The fourth-order valence-corrected chi connectivity index (χ4v) is 11.2. The second-order valence-corrected chi connectivity index (χ2v) is 24.7. The minimum absolute atomic E-state index is 0.00895. The van der Waals surface area contributed by atoms with Crippen LogP contribution in [-0.2, 0) is 71.9 Å². The number of rotatable bonds is 66. The maximum atomic E-state index is 14.0. The van der Waals surface area contributed by atoms with E-state index in [2.05, 4.69) is 16.0 Å². The van der Waals surface area contributed by atoms with Gasteiger partial charge in [0.1, 0.15) is 18.1 Å². The van der Waals surface area contributed by atoms with Gasteiger partial charge in [-0.2, -0.15) is 0 Å². The van der Waals surface area contributed by atoms with Crippen molar-refractivity contribution in [2.24, 2.45) is 0 Å². The van der Waals surface area contributed by atoms with Gasteiger partial charge >= 0.3 is 89.5 Å². The Bertz CT molecular complexity index is 2700. The highest BCUT2D eigenvalue weighted by Crippen LogP contribution is 2.17. The van der Waals surface area contributed by atoms with Crippen LogP contribution in [0.5, 0.6) is 0 Å². The molecule has 3 atom stereocenters. The van der Waals surface area contributed by atoms with Crippen molar-refractivity contribution in [2.75, 3.05) is 177 Å². The summed E-state index contributed by atoms with van der Waals surface area (Å²) in [7, 11) is 0. The van der Waals surface area contributed by atoms with Crippen molar-refractivity contribution in [3.8, 4) is 0 Å². The van der Waals surface area contributed by atoms with E-state index in [4.69, 9.17) is 0 Å². The van der Waals surface area contributed by atoms with Gasteiger partial charge in [-0.25, -0.2) is 0 Å². The summed E-state index contributed by atoms with van der Waals surface area (Å²) in [6, 6.07) is -1.04. The molecule has 0 radical (unpaired) electrons. The van der Waals surface area contributed by atoms with E-state index in [1.54, 1.807) is 0 Å². The van der Waals surface area contributed by atoms with E-state index in [9.17, 15) is 163 Å². The molecular weight excluding hydrogens is 1450 g/mol. The lowest BCUT2D eigenvalue weighted by Crippen LogP contribution is -2.50. The van der Waals surface area contributed by atoms with Crippen LogP contribution in [-0.4, -0.2) is 423 Å². The van der Waals surface area contributed by atoms with Crippen LogP contribution < -0.4 is 16.0 Å². The lowest BCUT2D eigenvalue weighted by Gasteiger charge is -2.32. The van der Waals surface area contributed by atoms with Crippen molar-refractivity contribution < 1.29 is 163 Å². The molecule has 18 N–H and O–H groups in total. The number of amides is 3. The first-order chi connectivity index (χ1) is 50.6. The summed E-state index contributed by atoms with van der Waals surface area (Å²) in [6.45, 7) is -13.8. The first-order valence-corrected chi connectivity index (χ1v) is 33.5. The Hall–Kier alpha value is -10.7. The Labute approximate surface area is 616 Å². The monoisotopic (exact) mass is 1550 g/mol. The maximum absolute atomic E-state index is 14.0. The van der Waals surface area contributed by atoms with Gasteiger partial charge in [-0.15, -0.1) is 0 Å². The topological polar surface area (TPSA) is 676 Å². The van der Waals surface area contributed by atoms with Gasteiger partial charge in [0.25, 0.3) is 17.7 Å². The zero-order chi connectivity index (χ0) is 81.8. The molecule has 0 aliphatic carbocycles. The number of hydrogen-bond donors (Lipinski definition) is 18. The van der Waals surface area contributed by atoms with Crippen LogP contribution in [0.25, 0.3) is 0 Å². The second-order valence-electron chi connectivity index (χ2n) is 24.7. The van der Waals surface area contributed by atoms with Crippen LogP contribution >= 0.6 is 0 Å². The van der Waals surface area contributed by atoms with E-state index in [1.807, 2.05) is 0 Å². The molecule has 0 bridgehead atoms. The van der Waals surface area contributed by atoms with Gasteiger partial charge in [0.15, 0.2) is 0 Å². The second kappa shape index (κ2) is 51.5. The van der Waals surface area contributed by atoms with Crippen molar-refractivity contribution >= 4 is 107 Å². The zero-order valence-electron chi connectivity index (χ0n) is 59.0. The van der Waals surface area contributed by atoms with Crippen molar-refractivity contribution in [2.45, 2.75) is 75.9 Å². The molecule has 3 amide bonds. The fourth-order valence-electron chi connectivity index (χ4n) is 11.2. The number of aliphatic carboxylic acids is 15. The summed E-state index contributed by atoms with van der Waals surface area (Å²) in [4.78, 5) is 229. The fraction of sp³-hybridized carbons (Fsp3) is 0.619. The minimum atomic E-state index is -1.44. The molecule has 45 nitrogen and oxygen atoms in total. The van der Waals surface area contributed by atoms with Crippen LogP contribution in [0, 0.1) is 0 Å². The van der Waals surface area contributed by atoms with Crippen LogP contribution in [0.15, 0.2) is 18.2 Å². The van der Waals surface area contributed by atoms with Crippen molar-refractivity contribution in [3.63, 3.8) is 0 Å². The van der Waals surface area contributed by atoms with Gasteiger partial charge < -0.3 is 92.5 Å². The van der Waals surface area contributed by atoms with E-state index in [1.165, 1.54) is 14.7 Å². The number of carbonyl (C=O) groups is 18. The molecule has 0 saturated carbocycles. The Morgan fingerprint density at radius 1 is 0.231 bits per heavy atom. The average molecular weight is 1550 g/mol. The number of hydrogen-bond acceptors (Lipinski definition) is 27. The quantitative estimate of drug-likeness (QED) is 0.0271. The minimum Gasteiger partial charge on any atom is -0.480 e. The lowest BCUT2D eigenvalue weighted by atomic mass is 10.0. The number of nitrogens with zero attached hydrogens (tertiary/aromatic N) is 9. The SMILES string of the molecule is O=C(O)CN(CCN(CCN(CC(=O)O)CC(=O)O)[C@@H](CCCCNC(=O)c1cc(C(=O)NCCCC[C@@H](C(=O)O)N(CCN(CC(=O)O)CC(=O)O)CCN(CC(=O)O)CC(=O)O)cc(C(=O)NCCCC[C@@H](C(=O)O)N(CCN(CC(=O)O)CC(=O)O)CCN(CC(=O)O)CC(=O)O)c1)C(=O)O)CC(=O)O. The molecule has 0 aliphatic rings. The molecule has 108 heavy (non-hydrogen) atoms. The number of nitrogens with one attached hydrogen (secondary N) is 3. The number of carboxylic acid groups (broad SMARTS) is 15. The van der Waals surface area contributed by atoms with Gasteiger partial charge in [0.2, 0.25) is 0 Å². The predicted octanol–water partition coefficient (Wildman–Crippen LogP) is -5.52. The Morgan fingerprint density at radius 3 is 0.509 bits per heavy atom. The molecule has 1 rings (SSSR count). The molecule has 0 heterocycles. The van der Waals surface area contributed by atoms with Crippen LogP contribution in [0.3, 0.4) is 0 Å². The largest absolute Gasteiger partial charge is 0.480 e. The zero-order valence-corrected chi connectivity index (χ0v) is 59.0. The predicted molar refractivity (Wildman–Crippen MR) is 364 cm³/mol. The van der Waals surface area contributed by atoms with Crippen LogP contribution in [0.2, 0.25) is 0 Å². The number of carboxylic acids is 15. The van der Waals surface area contributed by atoms with E-state index >= 15 is 0 Å². The molecule has 1 aromatic carbocycles. The van der Waals surface area contributed by atoms with Crippen LogP contribution in [0.4, 0.5) is 0 Å². The van der Waals surface area contributed by atoms with Crippen molar-refractivity contribution in [1.82, 2.24) is 60.0 Å². The lowest BCUT2D eigenvalue weighted by molar-refractivity contribution is -0.146. The summed E-state index contributed by atoms with van der Waals surface area (Å²) in [5.41, 5.74) is -0.912. The molecule has 0 aliphatic heterocycles. The molecule has 0 saturated heterocycles. The Balaban J connectivity index is 3.72. The van der Waals surface area contributed by atoms with Gasteiger partial charge in [0, 0.05) is 115 Å². The van der Waals surface area contributed by atoms with Gasteiger partial charge in [-0.05, 0) is 76.0 Å². The van der Waals surface area contributed by atoms with Gasteiger partial charge in [-0.1, -0.05) is 0 Å². The number of benzene rings is 1. The highest BCUT2D eigenvalue weighted by atomic mass is 16.4. The normalized spacial score (nSPS) is 12.3. The summed E-state index contributed by atoms with van der Waals surface area (Å²) in [5, 5.41) is 152.